The molecule has 2 aliphatic rings. The van der Waals surface area contributed by atoms with E-state index in [0.717, 1.165) is 17.6 Å². The lowest BCUT2D eigenvalue weighted by Gasteiger charge is -2.37. The highest BCUT2D eigenvalue weighted by Crippen LogP contribution is 2.45. The second-order valence-corrected chi connectivity index (χ2v) is 9.46. The molecule has 1 amide bonds. The number of esters is 3. The summed E-state index contributed by atoms with van der Waals surface area (Å²) >= 11 is 0. The number of carbonyl (C=O) groups is 4. The number of amides is 1. The molecule has 0 bridgehead atoms. The average molecular weight is 514 g/mol. The number of nitrogens with one attached hydrogen (secondary N) is 1. The molecule has 1 aliphatic heterocycles. The van der Waals surface area contributed by atoms with Crippen LogP contribution in [0.4, 0.5) is 4.79 Å². The van der Waals surface area contributed by atoms with E-state index in [0.29, 0.717) is 37.2 Å². The van der Waals surface area contributed by atoms with E-state index in [9.17, 15) is 19.2 Å². The maximum atomic E-state index is 12.8. The fourth-order valence-electron chi connectivity index (χ4n) is 4.90. The van der Waals surface area contributed by atoms with Crippen molar-refractivity contribution in [3.05, 3.63) is 53.6 Å². The van der Waals surface area contributed by atoms with Crippen molar-refractivity contribution < 1.29 is 38.1 Å². The van der Waals surface area contributed by atoms with Crippen LogP contribution in [0.25, 0.3) is 0 Å². The molecule has 9 nitrogen and oxygen atoms in total. The third-order valence-corrected chi connectivity index (χ3v) is 6.61. The largest absolute Gasteiger partial charge is 0.466 e. The summed E-state index contributed by atoms with van der Waals surface area (Å²) in [5.41, 5.74) is 2.29. The number of benzene rings is 1. The first-order valence-electron chi connectivity index (χ1n) is 12.6. The molecule has 1 heterocycles. The van der Waals surface area contributed by atoms with Crippen LogP contribution in [0.1, 0.15) is 52.9 Å². The van der Waals surface area contributed by atoms with Gasteiger partial charge in [0.15, 0.2) is 0 Å². The van der Waals surface area contributed by atoms with Gasteiger partial charge in [0.1, 0.15) is 18.0 Å². The molecule has 200 valence electrons. The van der Waals surface area contributed by atoms with Gasteiger partial charge in [-0.25, -0.2) is 9.59 Å². The second-order valence-electron chi connectivity index (χ2n) is 9.46. The summed E-state index contributed by atoms with van der Waals surface area (Å²) in [6, 6.07) is 8.68. The second kappa shape index (κ2) is 13.1. The summed E-state index contributed by atoms with van der Waals surface area (Å²) in [4.78, 5) is 48.1. The van der Waals surface area contributed by atoms with Crippen molar-refractivity contribution in [2.75, 3.05) is 13.2 Å². The molecular weight excluding hydrogens is 478 g/mol. The minimum atomic E-state index is -0.662. The minimum Gasteiger partial charge on any atom is -0.466 e. The molecule has 4 atom stereocenters. The normalized spacial score (nSPS) is 21.5. The molecule has 1 aromatic rings. The van der Waals surface area contributed by atoms with Crippen molar-refractivity contribution in [3.63, 3.8) is 0 Å². The zero-order valence-electron chi connectivity index (χ0n) is 21.6. The molecule has 0 saturated carbocycles. The van der Waals surface area contributed by atoms with Crippen molar-refractivity contribution in [1.82, 2.24) is 5.32 Å². The van der Waals surface area contributed by atoms with Crippen LogP contribution in [0.3, 0.4) is 0 Å². The van der Waals surface area contributed by atoms with E-state index < -0.39 is 36.2 Å². The Morgan fingerprint density at radius 1 is 1.19 bits per heavy atom. The van der Waals surface area contributed by atoms with E-state index in [1.54, 1.807) is 24.3 Å². The molecule has 0 aromatic heterocycles. The van der Waals surface area contributed by atoms with Crippen molar-refractivity contribution in [2.45, 2.75) is 65.1 Å². The third kappa shape index (κ3) is 7.68. The molecule has 37 heavy (non-hydrogen) atoms. The monoisotopic (exact) mass is 513 g/mol. The van der Waals surface area contributed by atoms with Gasteiger partial charge in [-0.15, -0.1) is 0 Å². The lowest BCUT2D eigenvalue weighted by Crippen LogP contribution is -2.41. The van der Waals surface area contributed by atoms with Gasteiger partial charge < -0.3 is 24.3 Å². The Hall–Kier alpha value is -3.62. The molecule has 3 rings (SSSR count). The van der Waals surface area contributed by atoms with Crippen molar-refractivity contribution in [3.8, 4) is 5.75 Å². The lowest BCUT2D eigenvalue weighted by molar-refractivity contribution is -0.151. The van der Waals surface area contributed by atoms with Gasteiger partial charge in [-0.3, -0.25) is 9.59 Å². The van der Waals surface area contributed by atoms with Gasteiger partial charge in [0, 0.05) is 31.9 Å². The van der Waals surface area contributed by atoms with Crippen LogP contribution in [0.5, 0.6) is 5.75 Å². The summed E-state index contributed by atoms with van der Waals surface area (Å²) in [7, 11) is 0. The minimum absolute atomic E-state index is 0.0345. The van der Waals surface area contributed by atoms with Crippen LogP contribution >= 0.6 is 0 Å². The maximum absolute atomic E-state index is 12.8. The van der Waals surface area contributed by atoms with Gasteiger partial charge in [0.05, 0.1) is 12.5 Å². The zero-order valence-corrected chi connectivity index (χ0v) is 21.6. The summed E-state index contributed by atoms with van der Waals surface area (Å²) in [6.07, 6.45) is 0.697. The van der Waals surface area contributed by atoms with Crippen LogP contribution < -0.4 is 10.1 Å². The number of rotatable bonds is 11. The fraction of sp³-hybridized carbons (Fsp3) is 0.500. The van der Waals surface area contributed by atoms with E-state index in [4.69, 9.17) is 18.9 Å². The molecule has 1 aliphatic carbocycles. The third-order valence-electron chi connectivity index (χ3n) is 6.61. The highest BCUT2D eigenvalue weighted by atomic mass is 16.6. The van der Waals surface area contributed by atoms with Crippen molar-refractivity contribution >= 4 is 24.0 Å². The highest BCUT2D eigenvalue weighted by Gasteiger charge is 2.50. The van der Waals surface area contributed by atoms with Crippen LogP contribution in [-0.2, 0) is 28.6 Å². The Balaban J connectivity index is 1.58. The molecule has 9 heteroatoms. The van der Waals surface area contributed by atoms with Crippen LogP contribution in [0, 0.1) is 11.8 Å². The maximum Gasteiger partial charge on any atom is 0.412 e. The average Bonchev–Trinajstić information content (AvgIpc) is 3.12. The number of carbonyl (C=O) groups excluding carboxylic acids is 4. The van der Waals surface area contributed by atoms with Crippen LogP contribution in [-0.4, -0.2) is 49.4 Å². The van der Waals surface area contributed by atoms with Crippen molar-refractivity contribution in [1.29, 1.82) is 0 Å². The molecule has 1 aromatic carbocycles. The van der Waals surface area contributed by atoms with Gasteiger partial charge in [0.25, 0.3) is 0 Å². The smallest absolute Gasteiger partial charge is 0.412 e. The molecule has 1 fully saturated rings. The Labute approximate surface area is 217 Å². The van der Waals surface area contributed by atoms with E-state index in [1.807, 2.05) is 19.9 Å². The first kappa shape index (κ1) is 28.0. The zero-order chi connectivity index (χ0) is 26.9. The topological polar surface area (TPSA) is 117 Å². The summed E-state index contributed by atoms with van der Waals surface area (Å²) < 4.78 is 21.7. The SMILES string of the molecule is C=C1C(=O)OC2CC(C)=C(C(C)CCCOC(C)=O)C(OC(=O)CCCNC(=O)Oc3ccccc3)C12. The number of fused-ring (bicyclic) bond motifs is 1. The molecule has 1 saturated heterocycles. The van der Waals surface area contributed by atoms with E-state index >= 15 is 0 Å². The van der Waals surface area contributed by atoms with E-state index in [2.05, 4.69) is 11.9 Å². The Morgan fingerprint density at radius 3 is 2.62 bits per heavy atom. The van der Waals surface area contributed by atoms with Gasteiger partial charge in [-0.05, 0) is 49.8 Å². The quantitative estimate of drug-likeness (QED) is 0.153. The molecule has 0 spiro atoms. The number of para-hydroxylation sites is 1. The van der Waals surface area contributed by atoms with Gasteiger partial charge in [0.2, 0.25) is 0 Å². The molecule has 1 N–H and O–H groups in total. The van der Waals surface area contributed by atoms with Gasteiger partial charge in [-0.2, -0.15) is 0 Å². The van der Waals surface area contributed by atoms with Gasteiger partial charge in [-0.1, -0.05) is 37.3 Å². The summed E-state index contributed by atoms with van der Waals surface area (Å²) in [6.45, 7) is 9.84. The molecule has 4 unspecified atom stereocenters. The number of hydrogen-bond acceptors (Lipinski definition) is 8. The van der Waals surface area contributed by atoms with Crippen molar-refractivity contribution in [2.24, 2.45) is 11.8 Å². The predicted octanol–water partition coefficient (Wildman–Crippen LogP) is 4.26. The highest BCUT2D eigenvalue weighted by molar-refractivity contribution is 5.91. The van der Waals surface area contributed by atoms with E-state index in [-0.39, 0.29) is 24.9 Å². The first-order valence-corrected chi connectivity index (χ1v) is 12.6. The first-order chi connectivity index (χ1) is 17.7. The molecule has 0 radical (unpaired) electrons. The Bertz CT molecular complexity index is 1050. The van der Waals surface area contributed by atoms with E-state index in [1.165, 1.54) is 6.92 Å². The number of hydrogen-bond donors (Lipinski definition) is 1. The summed E-state index contributed by atoms with van der Waals surface area (Å²) in [5, 5.41) is 2.62. The standard InChI is InChI=1S/C28H35NO8/c1-17(10-9-15-34-20(4)30)24-18(2)16-22-25(19(3)27(32)36-22)26(24)37-23(31)13-8-14-29-28(33)35-21-11-6-5-7-12-21/h5-7,11-12,17,22,25-26H,3,8-10,13-16H2,1-2,4H3,(H,29,33). The summed E-state index contributed by atoms with van der Waals surface area (Å²) in [5.74, 6) is -1.20. The predicted molar refractivity (Wildman–Crippen MR) is 134 cm³/mol. The van der Waals surface area contributed by atoms with Gasteiger partial charge >= 0.3 is 24.0 Å². The lowest BCUT2D eigenvalue weighted by atomic mass is 9.73. The fourth-order valence-corrected chi connectivity index (χ4v) is 4.90. The Morgan fingerprint density at radius 2 is 1.92 bits per heavy atom. The van der Waals surface area contributed by atoms with Crippen LogP contribution in [0.2, 0.25) is 0 Å². The molecular formula is C28H35NO8. The number of ether oxygens (including phenoxy) is 4. The van der Waals surface area contributed by atoms with Crippen LogP contribution in [0.15, 0.2) is 53.6 Å². The Kier molecular flexibility index (Phi) is 9.88.